The highest BCUT2D eigenvalue weighted by atomic mass is 16.6. The summed E-state index contributed by atoms with van der Waals surface area (Å²) in [6.07, 6.45) is 3.00. The van der Waals surface area contributed by atoms with E-state index in [0.29, 0.717) is 12.4 Å². The molecule has 3 N–H and O–H groups in total. The first-order valence-electron chi connectivity index (χ1n) is 10.6. The number of fused-ring (bicyclic) bond motifs is 1. The number of ether oxygens (including phenoxy) is 2. The molecule has 0 spiro atoms. The number of hydrogen-bond acceptors (Lipinski definition) is 8. The molecule has 1 fully saturated rings. The van der Waals surface area contributed by atoms with Crippen molar-refractivity contribution >= 4 is 23.3 Å². The Morgan fingerprint density at radius 3 is 2.38 bits per heavy atom. The van der Waals surface area contributed by atoms with Gasteiger partial charge >= 0.3 is 11.9 Å². The van der Waals surface area contributed by atoms with Crippen LogP contribution in [0.25, 0.3) is 5.52 Å². The number of carbonyl (C=O) groups excluding carboxylic acids is 1. The summed E-state index contributed by atoms with van der Waals surface area (Å²) >= 11 is 0. The maximum Gasteiger partial charge on any atom is 0.308 e. The van der Waals surface area contributed by atoms with Gasteiger partial charge in [0.05, 0.1) is 23.6 Å². The van der Waals surface area contributed by atoms with Gasteiger partial charge in [-0.05, 0) is 25.0 Å². The van der Waals surface area contributed by atoms with Crippen molar-refractivity contribution < 1.29 is 24.2 Å². The van der Waals surface area contributed by atoms with Crippen LogP contribution in [-0.2, 0) is 19.1 Å². The van der Waals surface area contributed by atoms with Crippen LogP contribution >= 0.6 is 0 Å². The van der Waals surface area contributed by atoms with Crippen LogP contribution in [0, 0.1) is 23.7 Å². The molecule has 1 aliphatic heterocycles. The molecule has 10 nitrogen and oxygen atoms in total. The number of esters is 1. The van der Waals surface area contributed by atoms with E-state index in [1.54, 1.807) is 18.4 Å². The zero-order valence-electron chi connectivity index (χ0n) is 19.7. The van der Waals surface area contributed by atoms with Gasteiger partial charge in [0.15, 0.2) is 5.82 Å². The number of aromatic nitrogens is 3. The maximum absolute atomic E-state index is 11.5. The standard InChI is InChI=1S/C15H20N4O3.C4H8O2.C2H6.CHN/c1-9(2)15(20)21-7-10-3-6-13(22-10)11-4-5-12-14(16)17-8-18-19(11)12;1-3(2)4(5)6;2*1-2/h4-5,8-10,13H,3,6-7H2,1-2H3,(H2,16,17,18);3H,1-2H3,(H,5,6);1-2H3;1H. The molecule has 2 aromatic heterocycles. The van der Waals surface area contributed by atoms with Crippen molar-refractivity contribution in [2.75, 3.05) is 12.3 Å². The second kappa shape index (κ2) is 14.8. The molecule has 2 unspecified atom stereocenters. The summed E-state index contributed by atoms with van der Waals surface area (Å²) < 4.78 is 13.0. The maximum atomic E-state index is 11.5. The minimum absolute atomic E-state index is 0.0699. The molecule has 0 bridgehead atoms. The van der Waals surface area contributed by atoms with Gasteiger partial charge in [0, 0.05) is 6.57 Å². The quantitative estimate of drug-likeness (QED) is 0.651. The number of carbonyl (C=O) groups is 2. The number of carboxylic acids is 1. The molecule has 1 aliphatic rings. The Bertz CT molecular complexity index is 863. The average molecular weight is 450 g/mol. The summed E-state index contributed by atoms with van der Waals surface area (Å²) in [5.74, 6) is -0.839. The number of anilines is 1. The van der Waals surface area contributed by atoms with Gasteiger partial charge in [-0.15, -0.1) is 0 Å². The van der Waals surface area contributed by atoms with E-state index in [1.807, 2.05) is 39.8 Å². The summed E-state index contributed by atoms with van der Waals surface area (Å²) in [6.45, 7) is 14.7. The van der Waals surface area contributed by atoms with Gasteiger partial charge in [0.1, 0.15) is 24.6 Å². The summed E-state index contributed by atoms with van der Waals surface area (Å²) in [7, 11) is 0. The highest BCUT2D eigenvalue weighted by molar-refractivity contribution is 5.71. The molecule has 1 saturated heterocycles. The van der Waals surface area contributed by atoms with Crippen LogP contribution in [0.15, 0.2) is 18.5 Å². The van der Waals surface area contributed by atoms with E-state index in [1.165, 1.54) is 6.33 Å². The van der Waals surface area contributed by atoms with E-state index >= 15 is 0 Å². The fourth-order valence-corrected chi connectivity index (χ4v) is 2.60. The minimum atomic E-state index is -0.741. The van der Waals surface area contributed by atoms with Crippen molar-refractivity contribution in [2.45, 2.75) is 66.6 Å². The van der Waals surface area contributed by atoms with Gasteiger partial charge in [0.2, 0.25) is 0 Å². The number of hydrogen-bond donors (Lipinski definition) is 2. The molecule has 0 amide bonds. The zero-order valence-corrected chi connectivity index (χ0v) is 19.7. The summed E-state index contributed by atoms with van der Waals surface area (Å²) in [6, 6.07) is 3.84. The van der Waals surface area contributed by atoms with E-state index in [0.717, 1.165) is 24.1 Å². The molecule has 3 heterocycles. The van der Waals surface area contributed by atoms with Crippen molar-refractivity contribution in [3.05, 3.63) is 24.2 Å². The van der Waals surface area contributed by atoms with Crippen molar-refractivity contribution in [3.8, 4) is 6.57 Å². The molecule has 2 aromatic rings. The number of nitriles is 1. The van der Waals surface area contributed by atoms with Gasteiger partial charge < -0.3 is 20.3 Å². The normalized spacial score (nSPS) is 16.8. The molecule has 2 atom stereocenters. The highest BCUT2D eigenvalue weighted by Gasteiger charge is 2.30. The molecular weight excluding hydrogens is 414 g/mol. The van der Waals surface area contributed by atoms with E-state index in [9.17, 15) is 9.59 Å². The van der Waals surface area contributed by atoms with Crippen LogP contribution in [0.3, 0.4) is 0 Å². The van der Waals surface area contributed by atoms with Gasteiger partial charge in [0.25, 0.3) is 0 Å². The van der Waals surface area contributed by atoms with E-state index in [-0.39, 0.29) is 30.0 Å². The molecule has 32 heavy (non-hydrogen) atoms. The molecule has 0 radical (unpaired) electrons. The summed E-state index contributed by atoms with van der Waals surface area (Å²) in [4.78, 5) is 25.2. The third-order valence-corrected chi connectivity index (χ3v) is 4.33. The van der Waals surface area contributed by atoms with Gasteiger partial charge in [-0.1, -0.05) is 41.5 Å². The summed E-state index contributed by atoms with van der Waals surface area (Å²) in [5.41, 5.74) is 7.55. The largest absolute Gasteiger partial charge is 0.481 e. The number of carboxylic acid groups (broad SMARTS) is 1. The zero-order chi connectivity index (χ0) is 24.8. The Morgan fingerprint density at radius 1 is 1.25 bits per heavy atom. The first-order chi connectivity index (χ1) is 15.2. The Morgan fingerprint density at radius 2 is 1.84 bits per heavy atom. The second-order valence-corrected chi connectivity index (χ2v) is 7.30. The lowest BCUT2D eigenvalue weighted by Gasteiger charge is -2.14. The van der Waals surface area contributed by atoms with Gasteiger partial charge in [-0.2, -0.15) is 5.10 Å². The third-order valence-electron chi connectivity index (χ3n) is 4.33. The molecule has 0 saturated carbocycles. The fourth-order valence-electron chi connectivity index (χ4n) is 2.60. The van der Waals surface area contributed by atoms with Gasteiger partial charge in [-0.25, -0.2) is 14.8 Å². The van der Waals surface area contributed by atoms with Crippen molar-refractivity contribution in [3.63, 3.8) is 0 Å². The summed E-state index contributed by atoms with van der Waals surface area (Å²) in [5, 5.41) is 18.7. The van der Waals surface area contributed by atoms with Crippen molar-refractivity contribution in [2.24, 2.45) is 11.8 Å². The van der Waals surface area contributed by atoms with Gasteiger partial charge in [-0.3, -0.25) is 9.59 Å². The van der Waals surface area contributed by atoms with E-state index < -0.39 is 5.97 Å². The lowest BCUT2D eigenvalue weighted by molar-refractivity contribution is -0.151. The number of nitrogens with zero attached hydrogens (tertiary/aromatic N) is 4. The monoisotopic (exact) mass is 449 g/mol. The van der Waals surface area contributed by atoms with E-state index in [2.05, 4.69) is 16.7 Å². The lowest BCUT2D eigenvalue weighted by Crippen LogP contribution is -2.21. The molecule has 3 rings (SSSR count). The van der Waals surface area contributed by atoms with Crippen molar-refractivity contribution in [1.29, 1.82) is 5.26 Å². The van der Waals surface area contributed by atoms with Crippen LogP contribution in [0.2, 0.25) is 0 Å². The Labute approximate surface area is 189 Å². The molecular formula is C22H35N5O5. The smallest absolute Gasteiger partial charge is 0.308 e. The Balaban J connectivity index is 0.000000824. The first kappa shape index (κ1) is 28.8. The van der Waals surface area contributed by atoms with Crippen LogP contribution < -0.4 is 5.73 Å². The Hall–Kier alpha value is -3.19. The number of nitrogen functional groups attached to an aromatic ring is 1. The predicted molar refractivity (Wildman–Crippen MR) is 121 cm³/mol. The second-order valence-electron chi connectivity index (χ2n) is 7.30. The third kappa shape index (κ3) is 8.51. The molecule has 0 aromatic carbocycles. The molecule has 0 aliphatic carbocycles. The van der Waals surface area contributed by atoms with Crippen molar-refractivity contribution in [1.82, 2.24) is 14.6 Å². The topological polar surface area (TPSA) is 153 Å². The molecule has 178 valence electrons. The lowest BCUT2D eigenvalue weighted by atomic mass is 10.1. The average Bonchev–Trinajstić information content (AvgIpc) is 3.42. The highest BCUT2D eigenvalue weighted by Crippen LogP contribution is 2.33. The van der Waals surface area contributed by atoms with E-state index in [4.69, 9.17) is 25.6 Å². The predicted octanol–water partition coefficient (Wildman–Crippen LogP) is 3.62. The minimum Gasteiger partial charge on any atom is -0.481 e. The Kier molecular flexibility index (Phi) is 13.3. The molecule has 10 heteroatoms. The SMILES string of the molecule is C#N.CC.CC(C)C(=O)O.CC(C)C(=O)OCC1CCC(c2ccc3c(N)ncnn23)O1. The number of nitrogens with two attached hydrogens (primary N) is 1. The van der Waals surface area contributed by atoms with Crippen LogP contribution in [0.4, 0.5) is 5.82 Å². The number of aliphatic carboxylic acids is 1. The number of rotatable bonds is 5. The van der Waals surface area contributed by atoms with Crippen LogP contribution in [-0.4, -0.2) is 44.4 Å². The van der Waals surface area contributed by atoms with Crippen LogP contribution in [0.5, 0.6) is 0 Å². The first-order valence-corrected chi connectivity index (χ1v) is 10.6. The van der Waals surface area contributed by atoms with Crippen LogP contribution in [0.1, 0.15) is 66.2 Å². The fraction of sp³-hybridized carbons (Fsp3) is 0.591.